The summed E-state index contributed by atoms with van der Waals surface area (Å²) in [7, 11) is -3.14. The van der Waals surface area contributed by atoms with Gasteiger partial charge in [0.15, 0.2) is 15.6 Å². The average molecular weight is 661 g/mol. The fourth-order valence-corrected chi connectivity index (χ4v) is 5.74. The fourth-order valence-electron chi connectivity index (χ4n) is 4.56. The number of sulfone groups is 1. The summed E-state index contributed by atoms with van der Waals surface area (Å²) in [4.78, 5) is 23.0. The van der Waals surface area contributed by atoms with Crippen LogP contribution in [0.25, 0.3) is 11.6 Å². The second kappa shape index (κ2) is 11.7. The highest BCUT2D eigenvalue weighted by molar-refractivity contribution is 7.90. The molecule has 1 atom stereocenters. The Hall–Kier alpha value is -3.74. The lowest BCUT2D eigenvalue weighted by atomic mass is 9.81. The van der Waals surface area contributed by atoms with Gasteiger partial charge in [-0.1, -0.05) is 35.3 Å². The van der Waals surface area contributed by atoms with E-state index in [0.29, 0.717) is 35.6 Å². The maximum atomic E-state index is 14.1. The van der Waals surface area contributed by atoms with Gasteiger partial charge in [-0.3, -0.25) is 4.79 Å². The molecule has 0 saturated carbocycles. The quantitative estimate of drug-likeness (QED) is 0.292. The van der Waals surface area contributed by atoms with Crippen LogP contribution in [0.1, 0.15) is 29.5 Å². The Kier molecular flexibility index (Phi) is 8.79. The molecule has 3 aromatic rings. The number of halogens is 7. The van der Waals surface area contributed by atoms with Gasteiger partial charge < -0.3 is 9.84 Å². The predicted molar refractivity (Wildman–Crippen MR) is 149 cm³/mol. The summed E-state index contributed by atoms with van der Waals surface area (Å²) >= 11 is 11.7. The summed E-state index contributed by atoms with van der Waals surface area (Å²) in [5, 5.41) is 9.10. The number of fused-ring (bicyclic) bond motifs is 1. The molecule has 3 aromatic carbocycles. The molecule has 14 heteroatoms. The maximum Gasteiger partial charge on any atom is 0.437 e. The first-order chi connectivity index (χ1) is 19.9. The lowest BCUT2D eigenvalue weighted by Crippen LogP contribution is -2.52. The van der Waals surface area contributed by atoms with E-state index in [2.05, 4.69) is 0 Å². The molecule has 1 N–H and O–H groups in total. The lowest BCUT2D eigenvalue weighted by Gasteiger charge is -2.40. The van der Waals surface area contributed by atoms with Gasteiger partial charge in [0.05, 0.1) is 15.5 Å². The van der Waals surface area contributed by atoms with Crippen LogP contribution in [0.5, 0.6) is 5.75 Å². The van der Waals surface area contributed by atoms with E-state index < -0.39 is 56.1 Å². The summed E-state index contributed by atoms with van der Waals surface area (Å²) in [5.41, 5.74) is -4.28. The number of carboxylic acid groups (broad SMARTS) is 1. The Balaban J connectivity index is 0.000000225. The number of ketones is 1. The fraction of sp³-hybridized carbons (Fsp3) is 0.172. The Morgan fingerprint density at radius 2 is 1.56 bits per heavy atom. The zero-order valence-electron chi connectivity index (χ0n) is 21.8. The van der Waals surface area contributed by atoms with E-state index in [0.717, 1.165) is 29.7 Å². The molecule has 0 saturated heterocycles. The topological polar surface area (TPSA) is 97.7 Å². The number of aliphatic carboxylic acids is 1. The van der Waals surface area contributed by atoms with Gasteiger partial charge in [0.1, 0.15) is 17.4 Å². The Labute approximate surface area is 251 Å². The smallest absolute Gasteiger partial charge is 0.437 e. The predicted octanol–water partition coefficient (Wildman–Crippen LogP) is 7.43. The van der Waals surface area contributed by atoms with Crippen molar-refractivity contribution >= 4 is 56.4 Å². The molecule has 0 radical (unpaired) electrons. The molecule has 0 amide bonds. The SMILES string of the molecule is CS(=O)(=O)c1ccc(C2=CC(=O)CC2)cc1.O=C(O)C1=Cc2cc(Cl)cc(Cl)c2O[C@]1(c1cc(F)cc(F)c1)C(F)(F)F. The number of carbonyl (C=O) groups is 2. The van der Waals surface area contributed by atoms with Crippen LogP contribution in [0.15, 0.2) is 71.1 Å². The van der Waals surface area contributed by atoms with Crippen molar-refractivity contribution in [2.45, 2.75) is 29.5 Å². The number of carboxylic acids is 1. The van der Waals surface area contributed by atoms with E-state index in [4.69, 9.17) is 27.9 Å². The maximum absolute atomic E-state index is 14.1. The molecule has 5 rings (SSSR count). The van der Waals surface area contributed by atoms with Gasteiger partial charge in [-0.2, -0.15) is 13.2 Å². The molecular formula is C29H19Cl2F5O6S. The summed E-state index contributed by atoms with van der Waals surface area (Å²) in [6.45, 7) is 0. The highest BCUT2D eigenvalue weighted by Crippen LogP contribution is 2.53. The molecule has 0 aromatic heterocycles. The van der Waals surface area contributed by atoms with Crippen LogP contribution in [0, 0.1) is 11.6 Å². The Morgan fingerprint density at radius 1 is 0.953 bits per heavy atom. The van der Waals surface area contributed by atoms with Crippen LogP contribution >= 0.6 is 23.2 Å². The van der Waals surface area contributed by atoms with E-state index in [1.54, 1.807) is 30.3 Å². The number of hydrogen-bond acceptors (Lipinski definition) is 5. The number of allylic oxidation sites excluding steroid dienone is 2. The molecule has 0 spiro atoms. The van der Waals surface area contributed by atoms with Crippen molar-refractivity contribution in [3.63, 3.8) is 0 Å². The molecule has 43 heavy (non-hydrogen) atoms. The van der Waals surface area contributed by atoms with E-state index >= 15 is 0 Å². The van der Waals surface area contributed by atoms with Crippen molar-refractivity contribution in [1.29, 1.82) is 0 Å². The number of alkyl halides is 3. The monoisotopic (exact) mass is 660 g/mol. The van der Waals surface area contributed by atoms with E-state index in [1.807, 2.05) is 0 Å². The van der Waals surface area contributed by atoms with Crippen LogP contribution < -0.4 is 4.74 Å². The van der Waals surface area contributed by atoms with Crippen LogP contribution in [0.2, 0.25) is 10.0 Å². The zero-order chi connectivity index (χ0) is 31.9. The molecule has 0 unspecified atom stereocenters. The summed E-state index contributed by atoms with van der Waals surface area (Å²) in [6, 6.07) is 9.95. The Morgan fingerprint density at radius 3 is 2.05 bits per heavy atom. The second-order valence-corrected chi connectivity index (χ2v) is 12.4. The highest BCUT2D eigenvalue weighted by Gasteiger charge is 2.64. The largest absolute Gasteiger partial charge is 0.478 e. The molecule has 1 aliphatic heterocycles. The Bertz CT molecular complexity index is 1780. The third-order valence-electron chi connectivity index (χ3n) is 6.50. The first-order valence-corrected chi connectivity index (χ1v) is 14.8. The average Bonchev–Trinajstić information content (AvgIpc) is 3.33. The van der Waals surface area contributed by atoms with Crippen LogP contribution in [-0.4, -0.2) is 37.7 Å². The molecule has 0 fully saturated rings. The van der Waals surface area contributed by atoms with Crippen molar-refractivity contribution in [2.75, 3.05) is 6.26 Å². The number of rotatable bonds is 4. The van der Waals surface area contributed by atoms with Crippen LogP contribution in [0.3, 0.4) is 0 Å². The van der Waals surface area contributed by atoms with Crippen molar-refractivity contribution in [3.8, 4) is 5.75 Å². The lowest BCUT2D eigenvalue weighted by molar-refractivity contribution is -0.241. The van der Waals surface area contributed by atoms with Gasteiger partial charge in [0.2, 0.25) is 0 Å². The van der Waals surface area contributed by atoms with E-state index in [-0.39, 0.29) is 21.4 Å². The van der Waals surface area contributed by atoms with Gasteiger partial charge in [-0.05, 0) is 66.1 Å². The van der Waals surface area contributed by atoms with Crippen molar-refractivity contribution < 1.29 is 49.8 Å². The first-order valence-electron chi connectivity index (χ1n) is 12.1. The molecule has 0 bridgehead atoms. The normalized spacial score (nSPS) is 18.1. The number of benzene rings is 3. The molecule has 226 valence electrons. The minimum Gasteiger partial charge on any atom is -0.478 e. The van der Waals surface area contributed by atoms with Crippen molar-refractivity contribution in [1.82, 2.24) is 0 Å². The molecule has 6 nitrogen and oxygen atoms in total. The van der Waals surface area contributed by atoms with Gasteiger partial charge in [-0.25, -0.2) is 22.0 Å². The minimum atomic E-state index is -5.40. The summed E-state index contributed by atoms with van der Waals surface area (Å²) in [6.07, 6.45) is -0.622. The molecule has 2 aliphatic rings. The van der Waals surface area contributed by atoms with E-state index in [1.165, 1.54) is 6.26 Å². The third kappa shape index (κ3) is 6.61. The molecule has 1 aliphatic carbocycles. The van der Waals surface area contributed by atoms with Gasteiger partial charge in [0, 0.05) is 34.9 Å². The first kappa shape index (κ1) is 32.2. The van der Waals surface area contributed by atoms with E-state index in [9.17, 15) is 45.1 Å². The molecular weight excluding hydrogens is 642 g/mol. The second-order valence-electron chi connectivity index (χ2n) is 9.54. The summed E-state index contributed by atoms with van der Waals surface area (Å²) in [5.74, 6) is -5.06. The number of ether oxygens (including phenoxy) is 1. The van der Waals surface area contributed by atoms with Crippen LogP contribution in [-0.2, 0) is 25.0 Å². The third-order valence-corrected chi connectivity index (χ3v) is 8.13. The van der Waals surface area contributed by atoms with Crippen molar-refractivity contribution in [3.05, 3.63) is 105 Å². The van der Waals surface area contributed by atoms with Gasteiger partial charge in [-0.15, -0.1) is 0 Å². The number of carbonyl (C=O) groups excluding carboxylic acids is 1. The van der Waals surface area contributed by atoms with Crippen molar-refractivity contribution in [2.24, 2.45) is 0 Å². The number of hydrogen-bond donors (Lipinski definition) is 1. The summed E-state index contributed by atoms with van der Waals surface area (Å²) < 4.78 is 97.1. The van der Waals surface area contributed by atoms with Gasteiger partial charge in [0.25, 0.3) is 5.60 Å². The highest BCUT2D eigenvalue weighted by atomic mass is 35.5. The molecule has 1 heterocycles. The minimum absolute atomic E-state index is 0.0275. The zero-order valence-corrected chi connectivity index (χ0v) is 24.1. The van der Waals surface area contributed by atoms with Crippen LogP contribution in [0.4, 0.5) is 22.0 Å². The van der Waals surface area contributed by atoms with Gasteiger partial charge >= 0.3 is 12.1 Å². The standard InChI is InChI=1S/C17H7Cl2F5O3.C12H12O3S/c18-9-1-7-2-12(15(25)26)16(17(22,23)24,27-14(7)13(19)5-9)8-3-10(20)6-11(21)4-8;1-16(14,15)12-6-3-9(4-7-12)10-2-5-11(13)8-10/h1-6H,(H,25,26);3-4,6-8H,2,5H2,1H3/t16-;/m0./s1.